The number of amides is 1. The topological polar surface area (TPSA) is 101 Å². The van der Waals surface area contributed by atoms with Crippen LogP contribution in [0.1, 0.15) is 77.8 Å². The Bertz CT molecular complexity index is 1590. The number of piperidine rings is 1. The van der Waals surface area contributed by atoms with E-state index in [2.05, 4.69) is 50.1 Å². The molecule has 3 aromatic heterocycles. The number of fused-ring (bicyclic) bond motifs is 1. The number of halogens is 1. The second-order valence-electron chi connectivity index (χ2n) is 11.8. The molecule has 0 unspecified atom stereocenters. The normalized spacial score (nSPS) is 20.5. The van der Waals surface area contributed by atoms with Gasteiger partial charge in [0, 0.05) is 30.0 Å². The van der Waals surface area contributed by atoms with Gasteiger partial charge >= 0.3 is 0 Å². The average Bonchev–Trinajstić information content (AvgIpc) is 3.48. The van der Waals surface area contributed by atoms with Crippen molar-refractivity contribution >= 4 is 22.9 Å². The van der Waals surface area contributed by atoms with Crippen LogP contribution >= 0.6 is 0 Å². The number of nitrogens with zero attached hydrogens (tertiary/aromatic N) is 6. The average molecular weight is 560 g/mol. The van der Waals surface area contributed by atoms with Crippen molar-refractivity contribution in [2.24, 2.45) is 7.05 Å². The van der Waals surface area contributed by atoms with E-state index in [0.29, 0.717) is 36.0 Å². The minimum absolute atomic E-state index is 0.0745. The first kappa shape index (κ1) is 27.5. The zero-order valence-electron chi connectivity index (χ0n) is 24.2. The number of rotatable bonds is 5. The number of pyridine rings is 1. The van der Waals surface area contributed by atoms with Crippen molar-refractivity contribution in [3.63, 3.8) is 0 Å². The van der Waals surface area contributed by atoms with E-state index >= 15 is 4.39 Å². The summed E-state index contributed by atoms with van der Waals surface area (Å²) >= 11 is 0. The Labute approximate surface area is 239 Å². The van der Waals surface area contributed by atoms with E-state index in [4.69, 9.17) is 4.98 Å². The number of imidazole rings is 1. The Morgan fingerprint density at radius 2 is 1.76 bits per heavy atom. The maximum absolute atomic E-state index is 15.9. The van der Waals surface area contributed by atoms with Gasteiger partial charge in [0.15, 0.2) is 5.82 Å². The van der Waals surface area contributed by atoms with Crippen LogP contribution < -0.4 is 5.32 Å². The molecule has 4 heterocycles. The molecule has 1 aliphatic carbocycles. The summed E-state index contributed by atoms with van der Waals surface area (Å²) in [7, 11) is 3.94. The van der Waals surface area contributed by atoms with Crippen molar-refractivity contribution in [1.29, 1.82) is 0 Å². The lowest BCUT2D eigenvalue weighted by Gasteiger charge is -2.29. The van der Waals surface area contributed by atoms with Crippen molar-refractivity contribution in [3.8, 4) is 11.3 Å². The molecule has 1 aromatic carbocycles. The molecule has 1 saturated carbocycles. The molecule has 1 aliphatic heterocycles. The van der Waals surface area contributed by atoms with E-state index in [1.54, 1.807) is 24.9 Å². The first-order chi connectivity index (χ1) is 19.7. The number of anilines is 1. The molecule has 2 fully saturated rings. The van der Waals surface area contributed by atoms with Crippen molar-refractivity contribution in [3.05, 3.63) is 58.8 Å². The van der Waals surface area contributed by atoms with Crippen LogP contribution in [0, 0.1) is 19.7 Å². The third kappa shape index (κ3) is 5.26. The lowest BCUT2D eigenvalue weighted by atomic mass is 9.89. The summed E-state index contributed by atoms with van der Waals surface area (Å²) < 4.78 is 19.6. The Kier molecular flexibility index (Phi) is 7.37. The number of likely N-dealkylation sites (tertiary alicyclic amines) is 1. The molecule has 0 spiro atoms. The van der Waals surface area contributed by atoms with Gasteiger partial charge in [0.05, 0.1) is 28.9 Å². The van der Waals surface area contributed by atoms with E-state index in [9.17, 15) is 9.90 Å². The summed E-state index contributed by atoms with van der Waals surface area (Å²) in [5.74, 6) is -0.373. The number of aryl methyl sites for hydroxylation is 2. The molecule has 10 heteroatoms. The molecule has 4 aromatic rings. The second kappa shape index (κ2) is 11.0. The lowest BCUT2D eigenvalue weighted by molar-refractivity contribution is 0.101. The van der Waals surface area contributed by atoms with Gasteiger partial charge in [-0.3, -0.25) is 14.8 Å². The first-order valence-corrected chi connectivity index (χ1v) is 14.6. The van der Waals surface area contributed by atoms with Crippen LogP contribution in [-0.2, 0) is 7.05 Å². The predicted molar refractivity (Wildman–Crippen MR) is 157 cm³/mol. The minimum Gasteiger partial charge on any atom is -0.393 e. The third-order valence-electron chi connectivity index (χ3n) is 8.98. The number of benzene rings is 1. The number of aliphatic hydroxyl groups excluding tert-OH is 1. The van der Waals surface area contributed by atoms with Gasteiger partial charge in [-0.25, -0.2) is 14.4 Å². The minimum atomic E-state index is -0.683. The van der Waals surface area contributed by atoms with E-state index in [1.807, 2.05) is 6.92 Å². The van der Waals surface area contributed by atoms with Crippen LogP contribution in [-0.4, -0.2) is 66.5 Å². The van der Waals surface area contributed by atoms with E-state index in [-0.39, 0.29) is 23.4 Å². The largest absolute Gasteiger partial charge is 0.393 e. The number of aliphatic hydroxyl groups is 1. The Hall–Kier alpha value is -3.63. The number of hydrogen-bond donors (Lipinski definition) is 2. The monoisotopic (exact) mass is 559 g/mol. The van der Waals surface area contributed by atoms with Gasteiger partial charge in [-0.1, -0.05) is 6.07 Å². The zero-order chi connectivity index (χ0) is 28.8. The van der Waals surface area contributed by atoms with Gasteiger partial charge < -0.3 is 14.6 Å². The fraction of sp³-hybridized carbons (Fsp3) is 0.484. The molecule has 216 valence electrons. The highest BCUT2D eigenvalue weighted by molar-refractivity contribution is 6.05. The Morgan fingerprint density at radius 3 is 2.44 bits per heavy atom. The molecule has 0 atom stereocenters. The van der Waals surface area contributed by atoms with Crippen molar-refractivity contribution in [1.82, 2.24) is 29.2 Å². The van der Waals surface area contributed by atoms with Gasteiger partial charge in [-0.2, -0.15) is 5.10 Å². The SMILES string of the molecule is Cc1cc(C(=O)Nc2nc3cc(C4CCN(C)CC4)ccc3n2C2CCC(O)CC2)c(F)c(-c2cnn(C)c2C)n1. The van der Waals surface area contributed by atoms with Gasteiger partial charge in [0.25, 0.3) is 5.91 Å². The summed E-state index contributed by atoms with van der Waals surface area (Å²) in [4.78, 5) is 25.3. The molecule has 6 rings (SSSR count). The summed E-state index contributed by atoms with van der Waals surface area (Å²) in [6, 6.07) is 7.99. The molecular weight excluding hydrogens is 521 g/mol. The zero-order valence-corrected chi connectivity index (χ0v) is 24.2. The molecule has 41 heavy (non-hydrogen) atoms. The molecule has 0 radical (unpaired) electrons. The van der Waals surface area contributed by atoms with Crippen LogP contribution in [0.2, 0.25) is 0 Å². The highest BCUT2D eigenvalue weighted by atomic mass is 19.1. The third-order valence-corrected chi connectivity index (χ3v) is 8.98. The molecule has 2 aliphatic rings. The maximum atomic E-state index is 15.9. The molecular formula is C31H38FN7O2. The Morgan fingerprint density at radius 1 is 1.02 bits per heavy atom. The van der Waals surface area contributed by atoms with Gasteiger partial charge in [0.1, 0.15) is 5.69 Å². The molecule has 2 N–H and O–H groups in total. The number of carbonyl (C=O) groups excluding carboxylic acids is 1. The summed E-state index contributed by atoms with van der Waals surface area (Å²) in [5.41, 5.74) is 4.90. The summed E-state index contributed by atoms with van der Waals surface area (Å²) in [6.45, 7) is 5.73. The number of hydrogen-bond acceptors (Lipinski definition) is 6. The van der Waals surface area contributed by atoms with Gasteiger partial charge in [-0.15, -0.1) is 0 Å². The maximum Gasteiger partial charge on any atom is 0.261 e. The van der Waals surface area contributed by atoms with E-state index < -0.39 is 11.7 Å². The van der Waals surface area contributed by atoms with Gasteiger partial charge in [0.2, 0.25) is 5.95 Å². The molecule has 9 nitrogen and oxygen atoms in total. The lowest BCUT2D eigenvalue weighted by Crippen LogP contribution is -2.29. The number of carbonyl (C=O) groups is 1. The fourth-order valence-corrected chi connectivity index (χ4v) is 6.39. The van der Waals surface area contributed by atoms with Crippen LogP contribution in [0.4, 0.5) is 10.3 Å². The van der Waals surface area contributed by atoms with Crippen LogP contribution in [0.25, 0.3) is 22.3 Å². The number of nitrogens with one attached hydrogen (secondary N) is 1. The van der Waals surface area contributed by atoms with Gasteiger partial charge in [-0.05, 0) is 102 Å². The summed E-state index contributed by atoms with van der Waals surface area (Å²) in [5, 5.41) is 17.3. The van der Waals surface area contributed by atoms with Crippen molar-refractivity contribution < 1.29 is 14.3 Å². The van der Waals surface area contributed by atoms with Crippen LogP contribution in [0.15, 0.2) is 30.5 Å². The fourth-order valence-electron chi connectivity index (χ4n) is 6.39. The van der Waals surface area contributed by atoms with E-state index in [1.165, 1.54) is 11.6 Å². The second-order valence-corrected chi connectivity index (χ2v) is 11.8. The van der Waals surface area contributed by atoms with E-state index in [0.717, 1.165) is 55.5 Å². The van der Waals surface area contributed by atoms with Crippen LogP contribution in [0.3, 0.4) is 0 Å². The highest BCUT2D eigenvalue weighted by Crippen LogP contribution is 2.37. The highest BCUT2D eigenvalue weighted by Gasteiger charge is 2.28. The van der Waals surface area contributed by atoms with Crippen molar-refractivity contribution in [2.75, 3.05) is 25.5 Å². The Balaban J connectivity index is 1.37. The predicted octanol–water partition coefficient (Wildman–Crippen LogP) is 5.13. The quantitative estimate of drug-likeness (QED) is 0.352. The first-order valence-electron chi connectivity index (χ1n) is 14.6. The summed E-state index contributed by atoms with van der Waals surface area (Å²) in [6.07, 6.45) is 6.41. The van der Waals surface area contributed by atoms with Crippen molar-refractivity contribution in [2.45, 2.75) is 70.4 Å². The number of aromatic nitrogens is 5. The molecule has 1 amide bonds. The standard InChI is InChI=1S/C31H38FN7O2/c1-18-15-24(28(32)29(34-18)25-17-33-38(4)19(25)2)30(41)36-31-35-26-16-21(20-11-13-37(3)14-12-20)5-10-27(26)39(31)22-6-8-23(40)9-7-22/h5,10,15-17,20,22-23,40H,6-9,11-14H2,1-4H3,(H,35,36,41). The molecule has 1 saturated heterocycles. The smallest absolute Gasteiger partial charge is 0.261 e. The van der Waals surface area contributed by atoms with Crippen LogP contribution in [0.5, 0.6) is 0 Å². The molecule has 0 bridgehead atoms.